The van der Waals surface area contributed by atoms with Crippen molar-refractivity contribution in [2.45, 2.75) is 13.3 Å². The van der Waals surface area contributed by atoms with E-state index < -0.39 is 0 Å². The maximum absolute atomic E-state index is 12.1. The second kappa shape index (κ2) is 4.78. The molecule has 16 heavy (non-hydrogen) atoms. The van der Waals surface area contributed by atoms with Gasteiger partial charge in [-0.2, -0.15) is 0 Å². The molecule has 0 bridgehead atoms. The molecule has 1 amide bonds. The first-order valence-corrected chi connectivity index (χ1v) is 6.01. The molecule has 0 saturated carbocycles. The molecular formula is C12H13BrN2O. The van der Waals surface area contributed by atoms with Crippen LogP contribution in [0.4, 0.5) is 0 Å². The van der Waals surface area contributed by atoms with Crippen molar-refractivity contribution in [3.63, 3.8) is 0 Å². The molecule has 1 aromatic heterocycles. The number of carbonyl (C=O) groups excluding carboxylic acids is 1. The van der Waals surface area contributed by atoms with Gasteiger partial charge in [0.1, 0.15) is 0 Å². The predicted octanol–water partition coefficient (Wildman–Crippen LogP) is 2.64. The summed E-state index contributed by atoms with van der Waals surface area (Å²) in [5.74, 6) is 0.0567. The SMILES string of the molecule is CC1=CCCN(C(=O)c2cncc(Br)c2)C1. The Morgan fingerprint density at radius 2 is 2.31 bits per heavy atom. The van der Waals surface area contributed by atoms with Gasteiger partial charge in [0.2, 0.25) is 0 Å². The van der Waals surface area contributed by atoms with Crippen LogP contribution in [0.3, 0.4) is 0 Å². The Hall–Kier alpha value is -1.16. The zero-order valence-corrected chi connectivity index (χ0v) is 10.7. The van der Waals surface area contributed by atoms with Crippen LogP contribution in [0.5, 0.6) is 0 Å². The van der Waals surface area contributed by atoms with Gasteiger partial charge < -0.3 is 4.90 Å². The summed E-state index contributed by atoms with van der Waals surface area (Å²) in [4.78, 5) is 18.0. The number of hydrogen-bond acceptors (Lipinski definition) is 2. The minimum atomic E-state index is 0.0567. The summed E-state index contributed by atoms with van der Waals surface area (Å²) in [5.41, 5.74) is 1.90. The van der Waals surface area contributed by atoms with Crippen LogP contribution >= 0.6 is 15.9 Å². The van der Waals surface area contributed by atoms with E-state index >= 15 is 0 Å². The highest BCUT2D eigenvalue weighted by Gasteiger charge is 2.18. The molecule has 2 rings (SSSR count). The number of carbonyl (C=O) groups is 1. The Morgan fingerprint density at radius 1 is 1.50 bits per heavy atom. The van der Waals surface area contributed by atoms with Gasteiger partial charge in [0.15, 0.2) is 0 Å². The number of hydrogen-bond donors (Lipinski definition) is 0. The molecule has 0 atom stereocenters. The van der Waals surface area contributed by atoms with Crippen molar-refractivity contribution in [2.75, 3.05) is 13.1 Å². The largest absolute Gasteiger partial charge is 0.334 e. The molecule has 3 nitrogen and oxygen atoms in total. The lowest BCUT2D eigenvalue weighted by Crippen LogP contribution is -2.35. The van der Waals surface area contributed by atoms with Gasteiger partial charge in [-0.1, -0.05) is 11.6 Å². The highest BCUT2D eigenvalue weighted by atomic mass is 79.9. The maximum Gasteiger partial charge on any atom is 0.255 e. The average Bonchev–Trinajstić information content (AvgIpc) is 2.28. The molecule has 1 aromatic rings. The van der Waals surface area contributed by atoms with Crippen molar-refractivity contribution in [1.29, 1.82) is 0 Å². The highest BCUT2D eigenvalue weighted by Crippen LogP contribution is 2.15. The van der Waals surface area contributed by atoms with Gasteiger partial charge >= 0.3 is 0 Å². The third-order valence-electron chi connectivity index (χ3n) is 2.57. The minimum Gasteiger partial charge on any atom is -0.334 e. The molecular weight excluding hydrogens is 268 g/mol. The zero-order valence-electron chi connectivity index (χ0n) is 9.11. The maximum atomic E-state index is 12.1. The Bertz CT molecular complexity index is 442. The van der Waals surface area contributed by atoms with Crippen molar-refractivity contribution in [3.05, 3.63) is 40.1 Å². The van der Waals surface area contributed by atoms with Gasteiger partial charge in [0, 0.05) is 30.0 Å². The predicted molar refractivity (Wildman–Crippen MR) is 66.2 cm³/mol. The smallest absolute Gasteiger partial charge is 0.255 e. The van der Waals surface area contributed by atoms with Crippen molar-refractivity contribution < 1.29 is 4.79 Å². The number of amides is 1. The van der Waals surface area contributed by atoms with Gasteiger partial charge in [-0.15, -0.1) is 0 Å². The molecule has 1 aliphatic rings. The van der Waals surface area contributed by atoms with Gasteiger partial charge in [-0.25, -0.2) is 0 Å². The van der Waals surface area contributed by atoms with E-state index in [1.165, 1.54) is 5.57 Å². The molecule has 0 spiro atoms. The molecule has 0 saturated heterocycles. The van der Waals surface area contributed by atoms with E-state index in [4.69, 9.17) is 0 Å². The Morgan fingerprint density at radius 3 is 3.00 bits per heavy atom. The van der Waals surface area contributed by atoms with Crippen LogP contribution in [-0.2, 0) is 0 Å². The van der Waals surface area contributed by atoms with E-state index in [0.717, 1.165) is 24.0 Å². The number of nitrogens with zero attached hydrogens (tertiary/aromatic N) is 2. The fourth-order valence-electron chi connectivity index (χ4n) is 1.80. The van der Waals surface area contributed by atoms with E-state index in [0.29, 0.717) is 5.56 Å². The van der Waals surface area contributed by atoms with Crippen molar-refractivity contribution in [2.24, 2.45) is 0 Å². The van der Waals surface area contributed by atoms with Gasteiger partial charge in [-0.05, 0) is 35.3 Å². The van der Waals surface area contributed by atoms with Crippen LogP contribution in [0, 0.1) is 0 Å². The number of pyridine rings is 1. The molecule has 0 fully saturated rings. The first-order chi connectivity index (χ1) is 7.66. The van der Waals surface area contributed by atoms with Crippen LogP contribution in [-0.4, -0.2) is 28.9 Å². The Labute approximate surface area is 103 Å². The molecule has 1 aliphatic heterocycles. The monoisotopic (exact) mass is 280 g/mol. The fourth-order valence-corrected chi connectivity index (χ4v) is 2.16. The normalized spacial score (nSPS) is 15.9. The second-order valence-corrected chi connectivity index (χ2v) is 4.87. The van der Waals surface area contributed by atoms with Crippen LogP contribution in [0.2, 0.25) is 0 Å². The molecule has 4 heteroatoms. The summed E-state index contributed by atoms with van der Waals surface area (Å²) in [6.45, 7) is 3.58. The molecule has 84 valence electrons. The summed E-state index contributed by atoms with van der Waals surface area (Å²) in [5, 5.41) is 0. The average molecular weight is 281 g/mol. The van der Waals surface area contributed by atoms with Crippen LogP contribution in [0.15, 0.2) is 34.6 Å². The van der Waals surface area contributed by atoms with Crippen LogP contribution in [0.25, 0.3) is 0 Å². The van der Waals surface area contributed by atoms with Gasteiger partial charge in [-0.3, -0.25) is 9.78 Å². The van der Waals surface area contributed by atoms with Gasteiger partial charge in [0.05, 0.1) is 5.56 Å². The Balaban J connectivity index is 2.16. The molecule has 0 unspecified atom stereocenters. The third kappa shape index (κ3) is 2.50. The summed E-state index contributed by atoms with van der Waals surface area (Å²) in [7, 11) is 0. The number of halogens is 1. The van der Waals surface area contributed by atoms with E-state index in [-0.39, 0.29) is 5.91 Å². The van der Waals surface area contributed by atoms with Crippen LogP contribution < -0.4 is 0 Å². The van der Waals surface area contributed by atoms with E-state index in [1.54, 1.807) is 12.4 Å². The Kier molecular flexibility index (Phi) is 3.39. The summed E-state index contributed by atoms with van der Waals surface area (Å²) >= 11 is 3.32. The van der Waals surface area contributed by atoms with Crippen molar-refractivity contribution in [3.8, 4) is 0 Å². The molecule has 0 aromatic carbocycles. The van der Waals surface area contributed by atoms with Crippen molar-refractivity contribution in [1.82, 2.24) is 9.88 Å². The summed E-state index contributed by atoms with van der Waals surface area (Å²) in [6, 6.07) is 1.81. The fraction of sp³-hybridized carbons (Fsp3) is 0.333. The lowest BCUT2D eigenvalue weighted by atomic mass is 10.1. The summed E-state index contributed by atoms with van der Waals surface area (Å²) in [6.07, 6.45) is 6.42. The molecule has 0 radical (unpaired) electrons. The zero-order chi connectivity index (χ0) is 11.5. The molecule has 0 N–H and O–H groups in total. The quantitative estimate of drug-likeness (QED) is 0.741. The lowest BCUT2D eigenvalue weighted by Gasteiger charge is -2.26. The number of aromatic nitrogens is 1. The van der Waals surface area contributed by atoms with Crippen LogP contribution in [0.1, 0.15) is 23.7 Å². The van der Waals surface area contributed by atoms with E-state index in [2.05, 4.69) is 33.9 Å². The minimum absolute atomic E-state index is 0.0567. The topological polar surface area (TPSA) is 33.2 Å². The standard InChI is InChI=1S/C12H13BrN2O/c1-9-3-2-4-15(8-9)12(16)10-5-11(13)7-14-6-10/h3,5-7H,2,4,8H2,1H3. The number of rotatable bonds is 1. The van der Waals surface area contributed by atoms with Crippen molar-refractivity contribution >= 4 is 21.8 Å². The summed E-state index contributed by atoms with van der Waals surface area (Å²) < 4.78 is 0.836. The second-order valence-electron chi connectivity index (χ2n) is 3.96. The van der Waals surface area contributed by atoms with E-state index in [9.17, 15) is 4.79 Å². The molecule has 0 aliphatic carbocycles. The van der Waals surface area contributed by atoms with Gasteiger partial charge in [0.25, 0.3) is 5.91 Å². The third-order valence-corrected chi connectivity index (χ3v) is 3.00. The first-order valence-electron chi connectivity index (χ1n) is 5.22. The highest BCUT2D eigenvalue weighted by molar-refractivity contribution is 9.10. The van der Waals surface area contributed by atoms with E-state index in [1.807, 2.05) is 11.0 Å². The lowest BCUT2D eigenvalue weighted by molar-refractivity contribution is 0.0765. The molecule has 2 heterocycles. The first kappa shape index (κ1) is 11.3.